The normalized spacial score (nSPS) is 12.0. The molecule has 0 amide bonds. The molecule has 0 radical (unpaired) electrons. The topological polar surface area (TPSA) is 62.5 Å². The van der Waals surface area contributed by atoms with Gasteiger partial charge in [-0.2, -0.15) is 4.98 Å². The SMILES string of the molecule is Cc1cccc2nc(NCC(C)(C)O)nn12. The summed E-state index contributed by atoms with van der Waals surface area (Å²) in [7, 11) is 0. The molecule has 2 aromatic rings. The maximum atomic E-state index is 9.58. The van der Waals surface area contributed by atoms with Crippen molar-refractivity contribution in [1.82, 2.24) is 14.6 Å². The minimum Gasteiger partial charge on any atom is -0.389 e. The average molecular weight is 220 g/mol. The zero-order valence-corrected chi connectivity index (χ0v) is 9.73. The van der Waals surface area contributed by atoms with Crippen LogP contribution < -0.4 is 5.32 Å². The van der Waals surface area contributed by atoms with Crippen LogP contribution in [0.3, 0.4) is 0 Å². The summed E-state index contributed by atoms with van der Waals surface area (Å²) in [4.78, 5) is 4.31. The standard InChI is InChI=1S/C11H16N4O/c1-8-5-4-6-9-13-10(14-15(8)9)12-7-11(2,3)16/h4-6,16H,7H2,1-3H3,(H,12,14). The molecule has 0 aliphatic rings. The van der Waals surface area contributed by atoms with Crippen LogP contribution >= 0.6 is 0 Å². The van der Waals surface area contributed by atoms with E-state index in [0.29, 0.717) is 12.5 Å². The fourth-order valence-corrected chi connectivity index (χ4v) is 1.41. The fourth-order valence-electron chi connectivity index (χ4n) is 1.41. The molecule has 0 spiro atoms. The Morgan fingerprint density at radius 3 is 2.81 bits per heavy atom. The maximum Gasteiger partial charge on any atom is 0.243 e. The predicted octanol–water partition coefficient (Wildman–Crippen LogP) is 1.22. The van der Waals surface area contributed by atoms with Crippen LogP contribution in [0.1, 0.15) is 19.5 Å². The third-order valence-corrected chi connectivity index (χ3v) is 2.23. The molecular formula is C11H16N4O. The highest BCUT2D eigenvalue weighted by Gasteiger charge is 2.13. The minimum absolute atomic E-state index is 0.420. The van der Waals surface area contributed by atoms with Gasteiger partial charge in [0.2, 0.25) is 5.95 Å². The molecule has 2 aromatic heterocycles. The lowest BCUT2D eigenvalue weighted by atomic mass is 10.1. The van der Waals surface area contributed by atoms with Crippen molar-refractivity contribution < 1.29 is 5.11 Å². The second kappa shape index (κ2) is 3.75. The number of anilines is 1. The number of nitrogens with zero attached hydrogens (tertiary/aromatic N) is 3. The quantitative estimate of drug-likeness (QED) is 0.816. The monoisotopic (exact) mass is 220 g/mol. The first kappa shape index (κ1) is 10.9. The maximum absolute atomic E-state index is 9.58. The molecule has 0 fully saturated rings. The van der Waals surface area contributed by atoms with Gasteiger partial charge in [-0.3, -0.25) is 0 Å². The Balaban J connectivity index is 2.24. The van der Waals surface area contributed by atoms with E-state index in [2.05, 4.69) is 15.4 Å². The van der Waals surface area contributed by atoms with Crippen molar-refractivity contribution in [2.24, 2.45) is 0 Å². The molecule has 86 valence electrons. The fraction of sp³-hybridized carbons (Fsp3) is 0.455. The van der Waals surface area contributed by atoms with Gasteiger partial charge in [-0.25, -0.2) is 4.52 Å². The summed E-state index contributed by atoms with van der Waals surface area (Å²) < 4.78 is 1.77. The third-order valence-electron chi connectivity index (χ3n) is 2.23. The van der Waals surface area contributed by atoms with E-state index < -0.39 is 5.60 Å². The van der Waals surface area contributed by atoms with Gasteiger partial charge in [-0.15, -0.1) is 5.10 Å². The van der Waals surface area contributed by atoms with Crippen LogP contribution in [-0.2, 0) is 0 Å². The Labute approximate surface area is 94.1 Å². The second-order valence-corrected chi connectivity index (χ2v) is 4.54. The lowest BCUT2D eigenvalue weighted by molar-refractivity contribution is 0.0943. The molecule has 0 aromatic carbocycles. The summed E-state index contributed by atoms with van der Waals surface area (Å²) in [5.74, 6) is 0.538. The van der Waals surface area contributed by atoms with E-state index in [1.54, 1.807) is 18.4 Å². The van der Waals surface area contributed by atoms with Gasteiger partial charge in [0.05, 0.1) is 5.60 Å². The molecule has 2 heterocycles. The lowest BCUT2D eigenvalue weighted by Crippen LogP contribution is -2.29. The van der Waals surface area contributed by atoms with Crippen molar-refractivity contribution in [3.8, 4) is 0 Å². The first-order chi connectivity index (χ1) is 7.46. The molecule has 0 saturated carbocycles. The van der Waals surface area contributed by atoms with Crippen molar-refractivity contribution in [3.05, 3.63) is 23.9 Å². The molecular weight excluding hydrogens is 204 g/mol. The number of rotatable bonds is 3. The average Bonchev–Trinajstić information content (AvgIpc) is 2.58. The molecule has 5 heteroatoms. The van der Waals surface area contributed by atoms with E-state index >= 15 is 0 Å². The lowest BCUT2D eigenvalue weighted by Gasteiger charge is -2.16. The van der Waals surface area contributed by atoms with Crippen LogP contribution in [0.5, 0.6) is 0 Å². The number of aromatic nitrogens is 3. The van der Waals surface area contributed by atoms with Crippen molar-refractivity contribution in [2.45, 2.75) is 26.4 Å². The highest BCUT2D eigenvalue weighted by molar-refractivity contribution is 5.44. The van der Waals surface area contributed by atoms with E-state index in [-0.39, 0.29) is 0 Å². The smallest absolute Gasteiger partial charge is 0.243 e. The molecule has 0 atom stereocenters. The molecule has 0 unspecified atom stereocenters. The zero-order chi connectivity index (χ0) is 11.8. The number of aliphatic hydroxyl groups is 1. The van der Waals surface area contributed by atoms with E-state index in [1.807, 2.05) is 25.1 Å². The highest BCUT2D eigenvalue weighted by atomic mass is 16.3. The van der Waals surface area contributed by atoms with Gasteiger partial charge in [0.1, 0.15) is 0 Å². The Morgan fingerprint density at radius 2 is 2.19 bits per heavy atom. The van der Waals surface area contributed by atoms with Crippen molar-refractivity contribution in [3.63, 3.8) is 0 Å². The number of hydrogen-bond acceptors (Lipinski definition) is 4. The highest BCUT2D eigenvalue weighted by Crippen LogP contribution is 2.09. The first-order valence-electron chi connectivity index (χ1n) is 5.24. The summed E-state index contributed by atoms with van der Waals surface area (Å²) >= 11 is 0. The molecule has 0 aliphatic carbocycles. The van der Waals surface area contributed by atoms with E-state index in [1.165, 1.54) is 0 Å². The number of nitrogens with one attached hydrogen (secondary N) is 1. The van der Waals surface area contributed by atoms with Gasteiger partial charge in [-0.05, 0) is 32.9 Å². The molecule has 16 heavy (non-hydrogen) atoms. The molecule has 2 rings (SSSR count). The summed E-state index contributed by atoms with van der Waals surface area (Å²) in [5, 5.41) is 16.9. The number of aryl methyl sites for hydroxylation is 1. The summed E-state index contributed by atoms with van der Waals surface area (Å²) in [6.45, 7) is 5.87. The van der Waals surface area contributed by atoms with Gasteiger partial charge in [0.25, 0.3) is 0 Å². The van der Waals surface area contributed by atoms with Crippen molar-refractivity contribution in [1.29, 1.82) is 0 Å². The van der Waals surface area contributed by atoms with Crippen LogP contribution in [-0.4, -0.2) is 31.9 Å². The van der Waals surface area contributed by atoms with Gasteiger partial charge in [0.15, 0.2) is 5.65 Å². The Hall–Kier alpha value is -1.62. The van der Waals surface area contributed by atoms with Gasteiger partial charge < -0.3 is 10.4 Å². The van der Waals surface area contributed by atoms with Crippen LogP contribution in [0.4, 0.5) is 5.95 Å². The Bertz CT molecular complexity index is 498. The third kappa shape index (κ3) is 2.30. The predicted molar refractivity (Wildman–Crippen MR) is 62.5 cm³/mol. The van der Waals surface area contributed by atoms with Gasteiger partial charge in [-0.1, -0.05) is 6.07 Å². The number of hydrogen-bond donors (Lipinski definition) is 2. The van der Waals surface area contributed by atoms with Gasteiger partial charge >= 0.3 is 0 Å². The summed E-state index contributed by atoms with van der Waals surface area (Å²) in [5.41, 5.74) is 1.06. The van der Waals surface area contributed by atoms with Crippen LogP contribution in [0, 0.1) is 6.92 Å². The van der Waals surface area contributed by atoms with Crippen LogP contribution in [0.2, 0.25) is 0 Å². The van der Waals surface area contributed by atoms with E-state index in [9.17, 15) is 5.11 Å². The molecule has 0 bridgehead atoms. The Kier molecular flexibility index (Phi) is 2.55. The Morgan fingerprint density at radius 1 is 1.44 bits per heavy atom. The van der Waals surface area contributed by atoms with Crippen molar-refractivity contribution >= 4 is 11.6 Å². The molecule has 0 aliphatic heterocycles. The van der Waals surface area contributed by atoms with Crippen LogP contribution in [0.25, 0.3) is 5.65 Å². The first-order valence-corrected chi connectivity index (χ1v) is 5.24. The molecule has 0 saturated heterocycles. The minimum atomic E-state index is -0.771. The van der Waals surface area contributed by atoms with Crippen molar-refractivity contribution in [2.75, 3.05) is 11.9 Å². The van der Waals surface area contributed by atoms with Crippen LogP contribution in [0.15, 0.2) is 18.2 Å². The molecule has 5 nitrogen and oxygen atoms in total. The number of fused-ring (bicyclic) bond motifs is 1. The second-order valence-electron chi connectivity index (χ2n) is 4.54. The van der Waals surface area contributed by atoms with E-state index in [0.717, 1.165) is 11.3 Å². The number of pyridine rings is 1. The van der Waals surface area contributed by atoms with Gasteiger partial charge in [0, 0.05) is 12.2 Å². The largest absolute Gasteiger partial charge is 0.389 e. The molecule has 2 N–H and O–H groups in total. The summed E-state index contributed by atoms with van der Waals surface area (Å²) in [6.07, 6.45) is 0. The van der Waals surface area contributed by atoms with E-state index in [4.69, 9.17) is 0 Å². The zero-order valence-electron chi connectivity index (χ0n) is 9.73. The summed E-state index contributed by atoms with van der Waals surface area (Å²) in [6, 6.07) is 5.82.